The van der Waals surface area contributed by atoms with Gasteiger partial charge < -0.3 is 10.4 Å². The lowest BCUT2D eigenvalue weighted by Gasteiger charge is -2.36. The fourth-order valence-electron chi connectivity index (χ4n) is 2.77. The Morgan fingerprint density at radius 3 is 2.82 bits per heavy atom. The summed E-state index contributed by atoms with van der Waals surface area (Å²) < 4.78 is 0. The Bertz CT molecular complexity index is 381. The molecule has 0 aromatic heterocycles. The third-order valence-electron chi connectivity index (χ3n) is 3.97. The summed E-state index contributed by atoms with van der Waals surface area (Å²) in [7, 11) is 0. The van der Waals surface area contributed by atoms with E-state index in [1.165, 1.54) is 23.1 Å². The first-order valence-electron chi connectivity index (χ1n) is 6.53. The second-order valence-electron chi connectivity index (χ2n) is 5.55. The molecule has 1 fully saturated rings. The number of aliphatic hydroxyl groups excluding tert-OH is 1. The lowest BCUT2D eigenvalue weighted by molar-refractivity contribution is 0.0946. The molecule has 0 bridgehead atoms. The van der Waals surface area contributed by atoms with Crippen molar-refractivity contribution in [2.24, 2.45) is 5.41 Å². The van der Waals surface area contributed by atoms with E-state index >= 15 is 0 Å². The van der Waals surface area contributed by atoms with Gasteiger partial charge in [0.05, 0.1) is 6.61 Å². The van der Waals surface area contributed by atoms with Crippen LogP contribution in [0.25, 0.3) is 0 Å². The molecule has 0 saturated carbocycles. The largest absolute Gasteiger partial charge is 0.396 e. The van der Waals surface area contributed by atoms with Crippen molar-refractivity contribution < 1.29 is 5.11 Å². The van der Waals surface area contributed by atoms with E-state index in [2.05, 4.69) is 37.4 Å². The summed E-state index contributed by atoms with van der Waals surface area (Å²) in [5.74, 6) is 0. The van der Waals surface area contributed by atoms with Crippen LogP contribution in [0.15, 0.2) is 18.2 Å². The molecule has 1 unspecified atom stereocenters. The molecule has 2 N–H and O–H groups in total. The van der Waals surface area contributed by atoms with Crippen LogP contribution in [0.3, 0.4) is 0 Å². The summed E-state index contributed by atoms with van der Waals surface area (Å²) in [5.41, 5.74) is 4.09. The van der Waals surface area contributed by atoms with Crippen LogP contribution in [-0.2, 0) is 6.42 Å². The molecule has 1 aromatic rings. The van der Waals surface area contributed by atoms with Gasteiger partial charge in [-0.1, -0.05) is 23.8 Å². The van der Waals surface area contributed by atoms with E-state index < -0.39 is 0 Å². The molecule has 0 radical (unpaired) electrons. The van der Waals surface area contributed by atoms with Gasteiger partial charge in [-0.3, -0.25) is 0 Å². The highest BCUT2D eigenvalue weighted by molar-refractivity contribution is 5.31. The summed E-state index contributed by atoms with van der Waals surface area (Å²) >= 11 is 0. The minimum absolute atomic E-state index is 0.0524. The molecule has 0 aliphatic carbocycles. The van der Waals surface area contributed by atoms with E-state index in [0.717, 1.165) is 25.9 Å². The van der Waals surface area contributed by atoms with E-state index in [1.807, 2.05) is 0 Å². The zero-order valence-corrected chi connectivity index (χ0v) is 10.9. The second-order valence-corrected chi connectivity index (χ2v) is 5.55. The maximum Gasteiger partial charge on any atom is 0.0502 e. The minimum Gasteiger partial charge on any atom is -0.396 e. The summed E-state index contributed by atoms with van der Waals surface area (Å²) in [6.45, 7) is 6.61. The van der Waals surface area contributed by atoms with Crippen LogP contribution < -0.4 is 5.32 Å². The second kappa shape index (κ2) is 5.19. The molecule has 1 aromatic carbocycles. The average Bonchev–Trinajstić information content (AvgIpc) is 2.35. The average molecular weight is 233 g/mol. The predicted octanol–water partition coefficient (Wildman–Crippen LogP) is 2.21. The zero-order chi connectivity index (χ0) is 12.3. The van der Waals surface area contributed by atoms with Gasteiger partial charge in [0, 0.05) is 12.0 Å². The van der Waals surface area contributed by atoms with E-state index in [-0.39, 0.29) is 12.0 Å². The molecule has 1 saturated heterocycles. The first-order valence-corrected chi connectivity index (χ1v) is 6.53. The fraction of sp³-hybridized carbons (Fsp3) is 0.600. The molecular weight excluding hydrogens is 210 g/mol. The normalized spacial score (nSPS) is 24.9. The van der Waals surface area contributed by atoms with Crippen molar-refractivity contribution in [2.75, 3.05) is 19.7 Å². The van der Waals surface area contributed by atoms with E-state index in [0.29, 0.717) is 0 Å². The molecule has 17 heavy (non-hydrogen) atoms. The Kier molecular flexibility index (Phi) is 3.85. The maximum atomic E-state index is 9.72. The summed E-state index contributed by atoms with van der Waals surface area (Å²) in [6.07, 6.45) is 3.29. The van der Waals surface area contributed by atoms with Gasteiger partial charge in [0.15, 0.2) is 0 Å². The first-order chi connectivity index (χ1) is 8.15. The van der Waals surface area contributed by atoms with Crippen LogP contribution in [0.5, 0.6) is 0 Å². The topological polar surface area (TPSA) is 32.3 Å². The van der Waals surface area contributed by atoms with Crippen molar-refractivity contribution in [2.45, 2.75) is 33.1 Å². The molecule has 2 rings (SSSR count). The Balaban J connectivity index is 2.20. The molecule has 1 atom stereocenters. The van der Waals surface area contributed by atoms with E-state index in [9.17, 15) is 5.11 Å². The van der Waals surface area contributed by atoms with Gasteiger partial charge >= 0.3 is 0 Å². The van der Waals surface area contributed by atoms with Crippen molar-refractivity contribution in [3.05, 3.63) is 34.9 Å². The smallest absolute Gasteiger partial charge is 0.0502 e. The van der Waals surface area contributed by atoms with Gasteiger partial charge in [-0.25, -0.2) is 0 Å². The van der Waals surface area contributed by atoms with Gasteiger partial charge in [-0.2, -0.15) is 0 Å². The fourth-order valence-corrected chi connectivity index (χ4v) is 2.77. The lowest BCUT2D eigenvalue weighted by Crippen LogP contribution is -2.44. The van der Waals surface area contributed by atoms with Gasteiger partial charge in [0.25, 0.3) is 0 Å². The molecule has 1 aliphatic heterocycles. The number of nitrogens with one attached hydrogen (secondary N) is 1. The summed E-state index contributed by atoms with van der Waals surface area (Å²) in [5, 5.41) is 13.1. The first kappa shape index (κ1) is 12.6. The monoisotopic (exact) mass is 233 g/mol. The molecule has 94 valence electrons. The van der Waals surface area contributed by atoms with Gasteiger partial charge in [-0.05, 0) is 50.8 Å². The number of aryl methyl sites for hydroxylation is 2. The zero-order valence-electron chi connectivity index (χ0n) is 10.9. The molecule has 1 aliphatic rings. The van der Waals surface area contributed by atoms with Crippen LogP contribution in [0.4, 0.5) is 0 Å². The number of piperidine rings is 1. The molecule has 2 nitrogen and oxygen atoms in total. The van der Waals surface area contributed by atoms with Crippen molar-refractivity contribution in [1.82, 2.24) is 5.32 Å². The van der Waals surface area contributed by atoms with Crippen LogP contribution in [0, 0.1) is 19.3 Å². The number of aliphatic hydroxyl groups is 1. The van der Waals surface area contributed by atoms with Gasteiger partial charge in [0.1, 0.15) is 0 Å². The Morgan fingerprint density at radius 1 is 1.35 bits per heavy atom. The minimum atomic E-state index is 0.0524. The third kappa shape index (κ3) is 2.88. The molecule has 2 heteroatoms. The molecular formula is C15H23NO. The standard InChI is InChI=1S/C15H23NO/c1-12-4-5-13(2)14(8-12)9-15(11-17)6-3-7-16-10-15/h4-5,8,16-17H,3,6-7,9-11H2,1-2H3. The Morgan fingerprint density at radius 2 is 2.18 bits per heavy atom. The van der Waals surface area contributed by atoms with E-state index in [1.54, 1.807) is 0 Å². The number of benzene rings is 1. The van der Waals surface area contributed by atoms with Crippen molar-refractivity contribution >= 4 is 0 Å². The highest BCUT2D eigenvalue weighted by Gasteiger charge is 2.31. The SMILES string of the molecule is Cc1ccc(C)c(CC2(CO)CCCNC2)c1. The Labute approximate surface area is 104 Å². The van der Waals surface area contributed by atoms with E-state index in [4.69, 9.17) is 0 Å². The number of hydrogen-bond donors (Lipinski definition) is 2. The van der Waals surface area contributed by atoms with Crippen LogP contribution in [-0.4, -0.2) is 24.8 Å². The van der Waals surface area contributed by atoms with Crippen molar-refractivity contribution in [3.8, 4) is 0 Å². The molecule has 1 heterocycles. The molecule has 0 amide bonds. The van der Waals surface area contributed by atoms with Crippen LogP contribution in [0.2, 0.25) is 0 Å². The van der Waals surface area contributed by atoms with Crippen LogP contribution in [0.1, 0.15) is 29.5 Å². The molecule has 0 spiro atoms. The van der Waals surface area contributed by atoms with Crippen LogP contribution >= 0.6 is 0 Å². The Hall–Kier alpha value is -0.860. The number of hydrogen-bond acceptors (Lipinski definition) is 2. The quantitative estimate of drug-likeness (QED) is 0.839. The van der Waals surface area contributed by atoms with Gasteiger partial charge in [-0.15, -0.1) is 0 Å². The number of rotatable bonds is 3. The highest BCUT2D eigenvalue weighted by Crippen LogP contribution is 2.31. The lowest BCUT2D eigenvalue weighted by atomic mass is 9.75. The summed E-state index contributed by atoms with van der Waals surface area (Å²) in [4.78, 5) is 0. The summed E-state index contributed by atoms with van der Waals surface area (Å²) in [6, 6.07) is 6.61. The third-order valence-corrected chi connectivity index (χ3v) is 3.97. The van der Waals surface area contributed by atoms with Crippen molar-refractivity contribution in [1.29, 1.82) is 0 Å². The highest BCUT2D eigenvalue weighted by atomic mass is 16.3. The van der Waals surface area contributed by atoms with Gasteiger partial charge in [0.2, 0.25) is 0 Å². The predicted molar refractivity (Wildman–Crippen MR) is 71.2 cm³/mol. The van der Waals surface area contributed by atoms with Crippen molar-refractivity contribution in [3.63, 3.8) is 0 Å². The maximum absolute atomic E-state index is 9.72.